The SMILES string of the molecule is Cc1noc(C)c1-c1nc(CN2CCCN(C(=O)c3csc(-c4ccncc4)n3)CC2)no1. The van der Waals surface area contributed by atoms with Crippen molar-refractivity contribution in [2.24, 2.45) is 0 Å². The van der Waals surface area contributed by atoms with Crippen molar-refractivity contribution >= 4 is 17.2 Å². The van der Waals surface area contributed by atoms with Crippen LogP contribution < -0.4 is 0 Å². The van der Waals surface area contributed by atoms with E-state index in [-0.39, 0.29) is 5.91 Å². The number of hydrogen-bond acceptors (Lipinski definition) is 10. The summed E-state index contributed by atoms with van der Waals surface area (Å²) in [7, 11) is 0. The van der Waals surface area contributed by atoms with Crippen molar-refractivity contribution in [3.8, 4) is 22.0 Å². The average Bonchev–Trinajstić information content (AvgIpc) is 3.52. The molecule has 1 aliphatic rings. The molecule has 1 amide bonds. The Labute approximate surface area is 194 Å². The van der Waals surface area contributed by atoms with Gasteiger partial charge >= 0.3 is 0 Å². The molecule has 0 spiro atoms. The maximum atomic E-state index is 13.0. The van der Waals surface area contributed by atoms with E-state index in [1.54, 1.807) is 12.4 Å². The second kappa shape index (κ2) is 9.20. The van der Waals surface area contributed by atoms with Crippen LogP contribution in [0.25, 0.3) is 22.0 Å². The molecule has 5 rings (SSSR count). The monoisotopic (exact) mass is 465 g/mol. The van der Waals surface area contributed by atoms with Crippen LogP contribution in [-0.2, 0) is 6.54 Å². The number of amides is 1. The summed E-state index contributed by atoms with van der Waals surface area (Å²) >= 11 is 1.47. The second-order valence-corrected chi connectivity index (χ2v) is 8.77. The van der Waals surface area contributed by atoms with Crippen LogP contribution in [0.2, 0.25) is 0 Å². The summed E-state index contributed by atoms with van der Waals surface area (Å²) < 4.78 is 10.6. The molecule has 0 aromatic carbocycles. The van der Waals surface area contributed by atoms with Crippen molar-refractivity contribution < 1.29 is 13.8 Å². The number of thiazole rings is 1. The van der Waals surface area contributed by atoms with Crippen molar-refractivity contribution in [2.45, 2.75) is 26.8 Å². The predicted molar refractivity (Wildman–Crippen MR) is 120 cm³/mol. The van der Waals surface area contributed by atoms with Gasteiger partial charge in [0.1, 0.15) is 22.0 Å². The van der Waals surface area contributed by atoms with Crippen LogP contribution in [0.3, 0.4) is 0 Å². The third-order valence-electron chi connectivity index (χ3n) is 5.61. The largest absolute Gasteiger partial charge is 0.361 e. The van der Waals surface area contributed by atoms with E-state index in [4.69, 9.17) is 9.05 Å². The summed E-state index contributed by atoms with van der Waals surface area (Å²) in [6.45, 7) is 7.10. The molecule has 170 valence electrons. The van der Waals surface area contributed by atoms with Crippen molar-refractivity contribution in [3.05, 3.63) is 52.9 Å². The highest BCUT2D eigenvalue weighted by Gasteiger charge is 2.24. The molecule has 0 aliphatic carbocycles. The number of carbonyl (C=O) groups excluding carboxylic acids is 1. The molecule has 1 saturated heterocycles. The van der Waals surface area contributed by atoms with Gasteiger partial charge < -0.3 is 13.9 Å². The lowest BCUT2D eigenvalue weighted by Crippen LogP contribution is -2.35. The third kappa shape index (κ3) is 4.55. The van der Waals surface area contributed by atoms with E-state index < -0.39 is 0 Å². The van der Waals surface area contributed by atoms with E-state index in [1.807, 2.05) is 36.3 Å². The first-order chi connectivity index (χ1) is 16.1. The summed E-state index contributed by atoms with van der Waals surface area (Å²) in [5.74, 6) is 1.64. The zero-order valence-corrected chi connectivity index (χ0v) is 19.2. The first-order valence-corrected chi connectivity index (χ1v) is 11.6. The molecule has 5 heterocycles. The third-order valence-corrected chi connectivity index (χ3v) is 6.50. The van der Waals surface area contributed by atoms with Crippen LogP contribution >= 0.6 is 11.3 Å². The molecular weight excluding hydrogens is 442 g/mol. The number of pyridine rings is 1. The first kappa shape index (κ1) is 21.4. The second-order valence-electron chi connectivity index (χ2n) is 7.91. The Morgan fingerprint density at radius 1 is 1.06 bits per heavy atom. The van der Waals surface area contributed by atoms with Gasteiger partial charge in [0.2, 0.25) is 0 Å². The van der Waals surface area contributed by atoms with Gasteiger partial charge in [-0.1, -0.05) is 10.3 Å². The molecule has 11 heteroatoms. The van der Waals surface area contributed by atoms with E-state index >= 15 is 0 Å². The van der Waals surface area contributed by atoms with E-state index in [9.17, 15) is 4.79 Å². The number of carbonyl (C=O) groups is 1. The van der Waals surface area contributed by atoms with Gasteiger partial charge in [-0.05, 0) is 32.4 Å². The lowest BCUT2D eigenvalue weighted by molar-refractivity contribution is 0.0756. The van der Waals surface area contributed by atoms with Gasteiger partial charge in [0, 0.05) is 49.5 Å². The molecule has 4 aromatic heterocycles. The number of rotatable bonds is 5. The zero-order chi connectivity index (χ0) is 22.8. The van der Waals surface area contributed by atoms with E-state index in [0.717, 1.165) is 41.3 Å². The lowest BCUT2D eigenvalue weighted by atomic mass is 10.2. The lowest BCUT2D eigenvalue weighted by Gasteiger charge is -2.20. The van der Waals surface area contributed by atoms with E-state index in [2.05, 4.69) is 30.2 Å². The molecule has 0 atom stereocenters. The fraction of sp³-hybridized carbons (Fsp3) is 0.364. The maximum Gasteiger partial charge on any atom is 0.273 e. The standard InChI is InChI=1S/C22H23N7O3S/c1-14-19(15(2)31-26-14)20-25-18(27-32-20)12-28-8-3-9-29(11-10-28)22(30)17-13-33-21(24-17)16-4-6-23-7-5-16/h4-7,13H,3,8-12H2,1-2H3. The summed E-state index contributed by atoms with van der Waals surface area (Å²) in [5, 5.41) is 10.7. The minimum Gasteiger partial charge on any atom is -0.361 e. The number of nitrogens with zero attached hydrogens (tertiary/aromatic N) is 7. The number of hydrogen-bond donors (Lipinski definition) is 0. The molecule has 0 bridgehead atoms. The maximum absolute atomic E-state index is 13.0. The molecule has 1 aliphatic heterocycles. The molecular formula is C22H23N7O3S. The van der Waals surface area contributed by atoms with Crippen molar-refractivity contribution in [1.82, 2.24) is 35.1 Å². The molecule has 0 unspecified atom stereocenters. The van der Waals surface area contributed by atoms with Crippen LogP contribution in [0, 0.1) is 13.8 Å². The molecule has 10 nitrogen and oxygen atoms in total. The van der Waals surface area contributed by atoms with Gasteiger partial charge in [-0.15, -0.1) is 11.3 Å². The van der Waals surface area contributed by atoms with Gasteiger partial charge in [-0.2, -0.15) is 4.98 Å². The molecule has 4 aromatic rings. The average molecular weight is 466 g/mol. The number of aromatic nitrogens is 5. The molecule has 0 radical (unpaired) electrons. The van der Waals surface area contributed by atoms with Gasteiger partial charge in [0.15, 0.2) is 5.82 Å². The Morgan fingerprint density at radius 2 is 1.91 bits per heavy atom. The molecule has 0 saturated carbocycles. The molecule has 1 fully saturated rings. The van der Waals surface area contributed by atoms with Crippen LogP contribution in [0.4, 0.5) is 0 Å². The highest BCUT2D eigenvalue weighted by atomic mass is 32.1. The minimum atomic E-state index is -0.0336. The minimum absolute atomic E-state index is 0.0336. The summed E-state index contributed by atoms with van der Waals surface area (Å²) in [4.78, 5) is 30.3. The molecule has 33 heavy (non-hydrogen) atoms. The van der Waals surface area contributed by atoms with Crippen molar-refractivity contribution in [2.75, 3.05) is 26.2 Å². The van der Waals surface area contributed by atoms with Crippen LogP contribution in [0.5, 0.6) is 0 Å². The topological polar surface area (TPSA) is 114 Å². The highest BCUT2D eigenvalue weighted by molar-refractivity contribution is 7.13. The molecule has 0 N–H and O–H groups in total. The van der Waals surface area contributed by atoms with Crippen molar-refractivity contribution in [1.29, 1.82) is 0 Å². The summed E-state index contributed by atoms with van der Waals surface area (Å²) in [6.07, 6.45) is 4.31. The highest BCUT2D eigenvalue weighted by Crippen LogP contribution is 2.26. The smallest absolute Gasteiger partial charge is 0.273 e. The van der Waals surface area contributed by atoms with Crippen LogP contribution in [-0.4, -0.2) is 67.2 Å². The predicted octanol–water partition coefficient (Wildman–Crippen LogP) is 3.21. The summed E-state index contributed by atoms with van der Waals surface area (Å²) in [5.41, 5.74) is 2.92. The van der Waals surface area contributed by atoms with Crippen LogP contribution in [0.15, 0.2) is 39.0 Å². The Kier molecular flexibility index (Phi) is 5.97. The van der Waals surface area contributed by atoms with Crippen molar-refractivity contribution in [3.63, 3.8) is 0 Å². The number of aryl methyl sites for hydroxylation is 2. The Balaban J connectivity index is 1.21. The van der Waals surface area contributed by atoms with Gasteiger partial charge in [0.25, 0.3) is 11.8 Å². The van der Waals surface area contributed by atoms with Crippen LogP contribution in [0.1, 0.15) is 34.2 Å². The Bertz CT molecular complexity index is 1230. The Hall–Kier alpha value is -3.44. The van der Waals surface area contributed by atoms with E-state index in [1.165, 1.54) is 11.3 Å². The zero-order valence-electron chi connectivity index (χ0n) is 18.4. The Morgan fingerprint density at radius 3 is 2.70 bits per heavy atom. The van der Waals surface area contributed by atoms with Gasteiger partial charge in [0.05, 0.1) is 12.2 Å². The fourth-order valence-electron chi connectivity index (χ4n) is 3.90. The summed E-state index contributed by atoms with van der Waals surface area (Å²) in [6, 6.07) is 3.79. The van der Waals surface area contributed by atoms with Gasteiger partial charge in [-0.25, -0.2) is 4.98 Å². The fourth-order valence-corrected chi connectivity index (χ4v) is 4.70. The van der Waals surface area contributed by atoms with Gasteiger partial charge in [-0.3, -0.25) is 14.7 Å². The first-order valence-electron chi connectivity index (χ1n) is 10.7. The normalized spacial score (nSPS) is 15.0. The quantitative estimate of drug-likeness (QED) is 0.438. The van der Waals surface area contributed by atoms with E-state index in [0.29, 0.717) is 42.8 Å².